The Morgan fingerprint density at radius 2 is 2.00 bits per heavy atom. The van der Waals surface area contributed by atoms with E-state index in [1.54, 1.807) is 0 Å². The van der Waals surface area contributed by atoms with Crippen LogP contribution in [0.1, 0.15) is 66.8 Å². The van der Waals surface area contributed by atoms with E-state index < -0.39 is 12.0 Å². The summed E-state index contributed by atoms with van der Waals surface area (Å²) >= 11 is 0. The first-order valence-electron chi connectivity index (χ1n) is 13.0. The first-order chi connectivity index (χ1) is 17.1. The van der Waals surface area contributed by atoms with Crippen molar-refractivity contribution in [3.8, 4) is 0 Å². The molecule has 0 radical (unpaired) electrons. The van der Waals surface area contributed by atoms with Crippen LogP contribution in [0, 0.1) is 5.92 Å². The molecule has 3 aliphatic rings. The van der Waals surface area contributed by atoms with Crippen LogP contribution in [0.15, 0.2) is 36.4 Å². The Bertz CT molecular complexity index is 1070. The Morgan fingerprint density at radius 1 is 1.14 bits per heavy atom. The van der Waals surface area contributed by atoms with Crippen molar-refractivity contribution in [1.29, 1.82) is 0 Å². The third-order valence-corrected chi connectivity index (χ3v) is 7.78. The number of hydrogen-bond donors (Lipinski definition) is 3. The molecule has 35 heavy (non-hydrogen) atoms. The van der Waals surface area contributed by atoms with E-state index in [0.29, 0.717) is 12.5 Å². The quantitative estimate of drug-likeness (QED) is 0.481. The van der Waals surface area contributed by atoms with Gasteiger partial charge in [-0.1, -0.05) is 30.3 Å². The van der Waals surface area contributed by atoms with Gasteiger partial charge < -0.3 is 20.5 Å². The number of nitrogens with zero attached hydrogens (tertiary/aromatic N) is 1. The third kappa shape index (κ3) is 5.67. The lowest BCUT2D eigenvalue weighted by Crippen LogP contribution is -2.44. The number of carbonyl (C=O) groups excluding carboxylic acids is 1. The standard InChI is InChI=1S/C28H35N3O4/c32-27(24-12-9-19-4-1-2-6-23(19)24)31-25(28(33)34)13-15-35-22-16-18(17-22)7-10-21-11-8-20-5-3-14-29-26(20)30-21/h1-2,4,6,8,11,18,22,24-25H,3,5,7,9-10,12-17H2,(H,29,30)(H,31,32)(H,33,34)/t18-,22-,24?,25-/m0/s1. The fourth-order valence-electron chi connectivity index (χ4n) is 5.62. The summed E-state index contributed by atoms with van der Waals surface area (Å²) in [7, 11) is 0. The molecule has 0 saturated heterocycles. The number of nitrogens with one attached hydrogen (secondary N) is 2. The van der Waals surface area contributed by atoms with Crippen molar-refractivity contribution in [2.24, 2.45) is 5.92 Å². The van der Waals surface area contributed by atoms with Crippen LogP contribution in [0.2, 0.25) is 0 Å². The summed E-state index contributed by atoms with van der Waals surface area (Å²) in [5.41, 5.74) is 4.67. The molecule has 0 bridgehead atoms. The second-order valence-corrected chi connectivity index (χ2v) is 10.2. The maximum absolute atomic E-state index is 12.8. The van der Waals surface area contributed by atoms with Gasteiger partial charge in [-0.3, -0.25) is 4.79 Å². The summed E-state index contributed by atoms with van der Waals surface area (Å²) in [4.78, 5) is 29.3. The van der Waals surface area contributed by atoms with Crippen molar-refractivity contribution in [2.75, 3.05) is 18.5 Å². The fraction of sp³-hybridized carbons (Fsp3) is 0.536. The van der Waals surface area contributed by atoms with E-state index >= 15 is 0 Å². The Hall–Kier alpha value is -2.93. The van der Waals surface area contributed by atoms with E-state index in [1.165, 1.54) is 17.5 Å². The van der Waals surface area contributed by atoms with Gasteiger partial charge in [0, 0.05) is 25.3 Å². The van der Waals surface area contributed by atoms with Gasteiger partial charge in [0.15, 0.2) is 0 Å². The van der Waals surface area contributed by atoms with Gasteiger partial charge in [0.25, 0.3) is 0 Å². The topological polar surface area (TPSA) is 101 Å². The van der Waals surface area contributed by atoms with Crippen LogP contribution in [-0.2, 0) is 33.6 Å². The minimum absolute atomic E-state index is 0.185. The van der Waals surface area contributed by atoms with E-state index in [9.17, 15) is 14.7 Å². The third-order valence-electron chi connectivity index (χ3n) is 7.78. The first kappa shape index (κ1) is 23.8. The second kappa shape index (κ2) is 10.8. The minimum Gasteiger partial charge on any atom is -0.480 e. The van der Waals surface area contributed by atoms with E-state index in [4.69, 9.17) is 9.72 Å². The molecule has 3 N–H and O–H groups in total. The van der Waals surface area contributed by atoms with Crippen molar-refractivity contribution in [3.63, 3.8) is 0 Å². The molecule has 186 valence electrons. The van der Waals surface area contributed by atoms with Gasteiger partial charge in [0.05, 0.1) is 12.0 Å². The van der Waals surface area contributed by atoms with Gasteiger partial charge in [-0.2, -0.15) is 0 Å². The van der Waals surface area contributed by atoms with Gasteiger partial charge in [0.1, 0.15) is 11.9 Å². The normalized spacial score (nSPS) is 23.4. The summed E-state index contributed by atoms with van der Waals surface area (Å²) in [6.07, 6.45) is 8.42. The monoisotopic (exact) mass is 477 g/mol. The molecule has 1 saturated carbocycles. The van der Waals surface area contributed by atoms with Crippen molar-refractivity contribution in [1.82, 2.24) is 10.3 Å². The predicted octanol–water partition coefficient (Wildman–Crippen LogP) is 3.86. The van der Waals surface area contributed by atoms with Crippen LogP contribution in [0.3, 0.4) is 0 Å². The van der Waals surface area contributed by atoms with E-state index in [0.717, 1.165) is 68.6 Å². The summed E-state index contributed by atoms with van der Waals surface area (Å²) in [6, 6.07) is 11.4. The number of amides is 1. The highest BCUT2D eigenvalue weighted by atomic mass is 16.5. The maximum Gasteiger partial charge on any atom is 0.326 e. The summed E-state index contributed by atoms with van der Waals surface area (Å²) < 4.78 is 5.94. The summed E-state index contributed by atoms with van der Waals surface area (Å²) in [6.45, 7) is 1.35. The number of fused-ring (bicyclic) bond motifs is 2. The second-order valence-electron chi connectivity index (χ2n) is 10.2. The number of rotatable bonds is 10. The predicted molar refractivity (Wildman–Crippen MR) is 134 cm³/mol. The van der Waals surface area contributed by atoms with Crippen molar-refractivity contribution in [2.45, 2.75) is 75.9 Å². The molecule has 2 atom stereocenters. The van der Waals surface area contributed by atoms with Gasteiger partial charge in [-0.15, -0.1) is 0 Å². The Morgan fingerprint density at radius 3 is 2.86 bits per heavy atom. The minimum atomic E-state index is -1.01. The molecule has 1 fully saturated rings. The number of anilines is 1. The maximum atomic E-state index is 12.8. The smallest absolute Gasteiger partial charge is 0.326 e. The molecule has 1 unspecified atom stereocenters. The molecule has 7 heteroatoms. The van der Waals surface area contributed by atoms with Crippen LogP contribution in [0.4, 0.5) is 5.82 Å². The van der Waals surface area contributed by atoms with Crippen LogP contribution < -0.4 is 10.6 Å². The molecule has 2 heterocycles. The number of aryl methyl sites for hydroxylation is 3. The number of ether oxygens (including phenoxy) is 1. The average Bonchev–Trinajstić information content (AvgIpc) is 3.28. The molecular formula is C28H35N3O4. The summed E-state index contributed by atoms with van der Waals surface area (Å²) in [5, 5.41) is 15.8. The molecule has 2 aliphatic carbocycles. The van der Waals surface area contributed by atoms with E-state index in [-0.39, 0.29) is 24.3 Å². The van der Waals surface area contributed by atoms with Crippen molar-refractivity contribution in [3.05, 3.63) is 58.8 Å². The van der Waals surface area contributed by atoms with Crippen LogP contribution >= 0.6 is 0 Å². The zero-order chi connectivity index (χ0) is 24.2. The Kier molecular flexibility index (Phi) is 7.32. The highest BCUT2D eigenvalue weighted by molar-refractivity contribution is 5.89. The van der Waals surface area contributed by atoms with E-state index in [2.05, 4.69) is 22.8 Å². The number of aliphatic carboxylic acids is 1. The Labute approximate surface area is 206 Å². The molecule has 1 aliphatic heterocycles. The number of carboxylic acids is 1. The number of hydrogen-bond acceptors (Lipinski definition) is 5. The van der Waals surface area contributed by atoms with Gasteiger partial charge in [-0.05, 0) is 80.0 Å². The molecule has 1 aromatic carbocycles. The molecule has 2 aromatic rings. The van der Waals surface area contributed by atoms with Gasteiger partial charge in [0.2, 0.25) is 5.91 Å². The highest BCUT2D eigenvalue weighted by Gasteiger charge is 2.32. The number of carboxylic acid groups (broad SMARTS) is 1. The first-order valence-corrected chi connectivity index (χ1v) is 13.0. The lowest BCUT2D eigenvalue weighted by molar-refractivity contribution is -0.143. The molecular weight excluding hydrogens is 442 g/mol. The Balaban J connectivity index is 1.01. The molecule has 0 spiro atoms. The zero-order valence-corrected chi connectivity index (χ0v) is 20.2. The lowest BCUT2D eigenvalue weighted by atomic mass is 9.79. The van der Waals surface area contributed by atoms with Gasteiger partial charge >= 0.3 is 5.97 Å². The number of aromatic nitrogens is 1. The average molecular weight is 478 g/mol. The molecule has 5 rings (SSSR count). The highest BCUT2D eigenvalue weighted by Crippen LogP contribution is 2.35. The number of carbonyl (C=O) groups is 2. The van der Waals surface area contributed by atoms with Crippen LogP contribution in [-0.4, -0.2) is 47.3 Å². The van der Waals surface area contributed by atoms with Gasteiger partial charge in [-0.25, -0.2) is 9.78 Å². The van der Waals surface area contributed by atoms with Crippen LogP contribution in [0.5, 0.6) is 0 Å². The lowest BCUT2D eigenvalue weighted by Gasteiger charge is -2.35. The zero-order valence-electron chi connectivity index (χ0n) is 20.2. The van der Waals surface area contributed by atoms with Crippen molar-refractivity contribution >= 4 is 17.7 Å². The number of benzene rings is 1. The van der Waals surface area contributed by atoms with E-state index in [1.807, 2.05) is 24.3 Å². The number of pyridine rings is 1. The summed E-state index contributed by atoms with van der Waals surface area (Å²) in [5.74, 6) is 0.217. The molecule has 1 amide bonds. The van der Waals surface area contributed by atoms with Crippen molar-refractivity contribution < 1.29 is 19.4 Å². The fourth-order valence-corrected chi connectivity index (χ4v) is 5.62. The molecule has 7 nitrogen and oxygen atoms in total. The molecule has 1 aromatic heterocycles. The largest absolute Gasteiger partial charge is 0.480 e. The van der Waals surface area contributed by atoms with Crippen LogP contribution in [0.25, 0.3) is 0 Å². The SMILES string of the molecule is O=C(N[C@@H](CCO[C@H]1C[C@H](CCc2ccc3c(n2)NCCC3)C1)C(=O)O)C1CCc2ccccc21.